The van der Waals surface area contributed by atoms with E-state index in [0.717, 1.165) is 5.56 Å². The molecule has 0 aliphatic heterocycles. The molecule has 0 unspecified atom stereocenters. The van der Waals surface area contributed by atoms with Crippen molar-refractivity contribution < 1.29 is 42.9 Å². The Hall–Kier alpha value is -1.41. The molecule has 0 aromatic heterocycles. The summed E-state index contributed by atoms with van der Waals surface area (Å²) in [6.45, 7) is 1.84. The van der Waals surface area contributed by atoms with E-state index in [4.69, 9.17) is 0 Å². The molecule has 2 aromatic carbocycles. The number of para-hydroxylation sites is 2. The van der Waals surface area contributed by atoms with Crippen LogP contribution in [0, 0.1) is 17.0 Å². The number of sulfonamides is 1. The Balaban J connectivity index is 0.00000220. The van der Waals surface area contributed by atoms with Crippen molar-refractivity contribution in [1.29, 1.82) is 0 Å². The van der Waals surface area contributed by atoms with E-state index < -0.39 is 14.9 Å². The monoisotopic (exact) mass is 315 g/mol. The van der Waals surface area contributed by atoms with Gasteiger partial charge >= 0.3 is 29.6 Å². The number of nitrogens with one attached hydrogen (secondary N) is 1. The first kappa shape index (κ1) is 17.6. The molecule has 0 saturated heterocycles. The molecule has 21 heavy (non-hydrogen) atoms. The number of nitro benzene ring substituents is 1. The molecule has 0 fully saturated rings. The smallest absolute Gasteiger partial charge is 0.273 e. The molecular weight excluding hydrogens is 303 g/mol. The summed E-state index contributed by atoms with van der Waals surface area (Å²) in [5.41, 5.74) is 0.580. The van der Waals surface area contributed by atoms with Gasteiger partial charge in [-0.05, 0) is 25.1 Å². The van der Waals surface area contributed by atoms with Crippen LogP contribution in [0.5, 0.6) is 0 Å². The third kappa shape index (κ3) is 4.28. The summed E-state index contributed by atoms with van der Waals surface area (Å²) < 4.78 is 26.5. The van der Waals surface area contributed by atoms with E-state index in [9.17, 15) is 18.5 Å². The summed E-state index contributed by atoms with van der Waals surface area (Å²) in [5.74, 6) is 0. The molecule has 8 heteroatoms. The molecule has 0 radical (unpaired) electrons. The van der Waals surface area contributed by atoms with Crippen LogP contribution in [0.4, 0.5) is 11.4 Å². The fourth-order valence-corrected chi connectivity index (χ4v) is 2.71. The van der Waals surface area contributed by atoms with Crippen molar-refractivity contribution in [1.82, 2.24) is 0 Å². The minimum absolute atomic E-state index is 0. The van der Waals surface area contributed by atoms with Gasteiger partial charge in [0.1, 0.15) is 5.69 Å². The van der Waals surface area contributed by atoms with Gasteiger partial charge in [0.25, 0.3) is 15.7 Å². The van der Waals surface area contributed by atoms with Gasteiger partial charge in [0.2, 0.25) is 0 Å². The topological polar surface area (TPSA) is 89.3 Å². The molecule has 6 nitrogen and oxygen atoms in total. The fraction of sp³-hybridized carbons (Fsp3) is 0.0769. The normalized spacial score (nSPS) is 10.5. The molecule has 0 aliphatic rings. The van der Waals surface area contributed by atoms with Crippen molar-refractivity contribution >= 4 is 21.4 Å². The molecule has 2 rings (SSSR count). The number of aryl methyl sites for hydroxylation is 1. The van der Waals surface area contributed by atoms with Crippen molar-refractivity contribution in [2.75, 3.05) is 4.72 Å². The molecule has 0 heterocycles. The number of rotatable bonds is 4. The predicted molar refractivity (Wildman–Crippen MR) is 75.1 cm³/mol. The number of hydrogen-bond acceptors (Lipinski definition) is 4. The van der Waals surface area contributed by atoms with E-state index in [0.29, 0.717) is 0 Å². The minimum atomic E-state index is -3.84. The maximum atomic E-state index is 12.2. The first-order valence-electron chi connectivity index (χ1n) is 5.73. The summed E-state index contributed by atoms with van der Waals surface area (Å²) in [6.07, 6.45) is 0. The molecule has 0 saturated carbocycles. The van der Waals surface area contributed by atoms with E-state index in [1.165, 1.54) is 36.4 Å². The minimum Gasteiger partial charge on any atom is -0.273 e. The van der Waals surface area contributed by atoms with Gasteiger partial charge in [0.15, 0.2) is 0 Å². The fourth-order valence-electron chi connectivity index (χ4n) is 1.64. The van der Waals surface area contributed by atoms with Crippen LogP contribution >= 0.6 is 0 Å². The van der Waals surface area contributed by atoms with Crippen LogP contribution in [0.1, 0.15) is 5.56 Å². The van der Waals surface area contributed by atoms with Crippen LogP contribution in [-0.2, 0) is 10.0 Å². The maximum absolute atomic E-state index is 12.2. The molecule has 2 aromatic rings. The molecule has 104 valence electrons. The quantitative estimate of drug-likeness (QED) is 0.477. The second-order valence-electron chi connectivity index (χ2n) is 4.19. The van der Waals surface area contributed by atoms with Crippen molar-refractivity contribution in [3.05, 3.63) is 64.2 Å². The van der Waals surface area contributed by atoms with Gasteiger partial charge in [0, 0.05) is 6.07 Å². The van der Waals surface area contributed by atoms with Gasteiger partial charge in [-0.3, -0.25) is 14.8 Å². The average Bonchev–Trinajstić information content (AvgIpc) is 2.39. The third-order valence-corrected chi connectivity index (χ3v) is 4.06. The van der Waals surface area contributed by atoms with Crippen molar-refractivity contribution in [3.8, 4) is 0 Å². The first-order chi connectivity index (χ1) is 9.40. The van der Waals surface area contributed by atoms with Gasteiger partial charge in [-0.25, -0.2) is 8.42 Å². The van der Waals surface area contributed by atoms with Crippen LogP contribution in [-0.4, -0.2) is 13.3 Å². The van der Waals surface area contributed by atoms with Crippen molar-refractivity contribution in [2.24, 2.45) is 0 Å². The number of nitro groups is 1. The number of hydrogen-bond donors (Lipinski definition) is 1. The predicted octanol–water partition coefficient (Wildman–Crippen LogP) is -0.292. The van der Waals surface area contributed by atoms with Gasteiger partial charge in [-0.15, -0.1) is 0 Å². The summed E-state index contributed by atoms with van der Waals surface area (Å²) in [5, 5.41) is 10.9. The van der Waals surface area contributed by atoms with Crippen LogP contribution in [0.15, 0.2) is 53.4 Å². The average molecular weight is 315 g/mol. The second kappa shape index (κ2) is 7.04. The zero-order chi connectivity index (χ0) is 14.8. The van der Waals surface area contributed by atoms with Crippen LogP contribution in [0.2, 0.25) is 0 Å². The molecule has 0 bridgehead atoms. The number of nitrogens with zero attached hydrogens (tertiary/aromatic N) is 1. The second-order valence-corrected chi connectivity index (χ2v) is 5.88. The largest absolute Gasteiger partial charge is 1.00 e. The maximum Gasteiger partial charge on any atom is 1.00 e. The Kier molecular flexibility index (Phi) is 5.91. The standard InChI is InChI=1S/C13H12N2O4S.Na/c1-10-6-8-11(9-7-10)20(18,19)14-12-4-2-3-5-13(12)15(16)17;/h2-9,14H,1H3;/q;+1. The first-order valence-corrected chi connectivity index (χ1v) is 7.21. The van der Waals surface area contributed by atoms with Gasteiger partial charge in [-0.2, -0.15) is 0 Å². The van der Waals surface area contributed by atoms with E-state index in [-0.39, 0.29) is 45.8 Å². The van der Waals surface area contributed by atoms with Crippen molar-refractivity contribution in [3.63, 3.8) is 0 Å². The van der Waals surface area contributed by atoms with Gasteiger partial charge in [0.05, 0.1) is 9.82 Å². The van der Waals surface area contributed by atoms with Crippen LogP contribution in [0.25, 0.3) is 0 Å². The molecule has 0 spiro atoms. The molecule has 0 amide bonds. The van der Waals surface area contributed by atoms with Crippen LogP contribution < -0.4 is 34.3 Å². The summed E-state index contributed by atoms with van der Waals surface area (Å²) in [6, 6.07) is 11.8. The number of anilines is 1. The van der Waals surface area contributed by atoms with E-state index in [1.54, 1.807) is 12.1 Å². The van der Waals surface area contributed by atoms with E-state index in [1.807, 2.05) is 6.92 Å². The SMILES string of the molecule is Cc1ccc(S(=O)(=O)Nc2ccccc2[N+](=O)[O-])cc1.[Na+]. The zero-order valence-corrected chi connectivity index (χ0v) is 14.4. The Labute approximate surface area is 144 Å². The summed E-state index contributed by atoms with van der Waals surface area (Å²) in [4.78, 5) is 10.3. The molecule has 0 atom stereocenters. The third-order valence-electron chi connectivity index (χ3n) is 2.68. The van der Waals surface area contributed by atoms with Gasteiger partial charge in [-0.1, -0.05) is 29.8 Å². The zero-order valence-electron chi connectivity index (χ0n) is 11.6. The Morgan fingerprint density at radius 1 is 1.05 bits per heavy atom. The van der Waals surface area contributed by atoms with Crippen LogP contribution in [0.3, 0.4) is 0 Å². The Bertz CT molecular complexity index is 745. The molecule has 0 aliphatic carbocycles. The molecule has 1 N–H and O–H groups in total. The van der Waals surface area contributed by atoms with Crippen molar-refractivity contribution in [2.45, 2.75) is 11.8 Å². The Morgan fingerprint density at radius 3 is 2.19 bits per heavy atom. The van der Waals surface area contributed by atoms with E-state index in [2.05, 4.69) is 4.72 Å². The Morgan fingerprint density at radius 2 is 1.62 bits per heavy atom. The van der Waals surface area contributed by atoms with Gasteiger partial charge < -0.3 is 0 Å². The molecular formula is C13H12N2NaO4S+. The van der Waals surface area contributed by atoms with E-state index >= 15 is 0 Å². The number of benzene rings is 2. The summed E-state index contributed by atoms with van der Waals surface area (Å²) >= 11 is 0. The summed E-state index contributed by atoms with van der Waals surface area (Å²) in [7, 11) is -3.84.